The van der Waals surface area contributed by atoms with Gasteiger partial charge in [-0.15, -0.1) is 0 Å². The first kappa shape index (κ1) is 15.1. The van der Waals surface area contributed by atoms with Gasteiger partial charge in [-0.25, -0.2) is 4.79 Å². The lowest BCUT2D eigenvalue weighted by molar-refractivity contribution is -0.385. The zero-order valence-corrected chi connectivity index (χ0v) is 11.8. The molecule has 110 valence electrons. The Morgan fingerprint density at radius 1 is 1.52 bits per heavy atom. The lowest BCUT2D eigenvalue weighted by atomic mass is 9.88. The average Bonchev–Trinajstić information content (AvgIpc) is 2.46. The van der Waals surface area contributed by atoms with Crippen molar-refractivity contribution in [1.29, 1.82) is 0 Å². The highest BCUT2D eigenvalue weighted by Gasteiger charge is 2.26. The highest BCUT2D eigenvalue weighted by Crippen LogP contribution is 2.41. The number of nitro groups is 1. The van der Waals surface area contributed by atoms with Crippen LogP contribution in [-0.4, -0.2) is 23.1 Å². The standard InChI is InChI=1S/C14H12ClNO5/c1-21-13-11(6-10(15)7-12(13)16(19)20)8-3-2-4-9(5-8)14(17)18/h2,4-8H,3H2,1H3,(H,17,18). The van der Waals surface area contributed by atoms with E-state index in [0.717, 1.165) is 0 Å². The predicted octanol–water partition coefficient (Wildman–Crippen LogP) is 3.31. The molecule has 1 aliphatic rings. The van der Waals surface area contributed by atoms with Crippen molar-refractivity contribution in [2.45, 2.75) is 12.3 Å². The summed E-state index contributed by atoms with van der Waals surface area (Å²) in [5, 5.41) is 20.3. The molecule has 0 bridgehead atoms. The summed E-state index contributed by atoms with van der Waals surface area (Å²) in [5.74, 6) is -1.29. The molecule has 0 aliphatic heterocycles. The van der Waals surface area contributed by atoms with Crippen LogP contribution < -0.4 is 4.74 Å². The van der Waals surface area contributed by atoms with Gasteiger partial charge in [0, 0.05) is 22.6 Å². The maximum atomic E-state index is 11.1. The van der Waals surface area contributed by atoms with Crippen LogP contribution in [-0.2, 0) is 4.79 Å². The van der Waals surface area contributed by atoms with Gasteiger partial charge >= 0.3 is 11.7 Å². The molecular weight excluding hydrogens is 298 g/mol. The molecule has 0 spiro atoms. The first-order valence-corrected chi connectivity index (χ1v) is 6.45. The molecule has 0 radical (unpaired) electrons. The number of aliphatic carboxylic acids is 1. The summed E-state index contributed by atoms with van der Waals surface area (Å²) in [6.07, 6.45) is 5.27. The third-order valence-electron chi connectivity index (χ3n) is 3.18. The molecule has 0 aromatic heterocycles. The monoisotopic (exact) mass is 309 g/mol. The molecule has 0 heterocycles. The highest BCUT2D eigenvalue weighted by atomic mass is 35.5. The van der Waals surface area contributed by atoms with Crippen LogP contribution in [0, 0.1) is 10.1 Å². The number of hydrogen-bond donors (Lipinski definition) is 1. The quantitative estimate of drug-likeness (QED) is 0.680. The van der Waals surface area contributed by atoms with E-state index < -0.39 is 10.9 Å². The molecule has 21 heavy (non-hydrogen) atoms. The Morgan fingerprint density at radius 3 is 2.81 bits per heavy atom. The van der Waals surface area contributed by atoms with Crippen LogP contribution in [0.5, 0.6) is 5.75 Å². The third-order valence-corrected chi connectivity index (χ3v) is 3.40. The molecular formula is C14H12ClNO5. The fourth-order valence-corrected chi connectivity index (χ4v) is 2.50. The maximum absolute atomic E-state index is 11.1. The summed E-state index contributed by atoms with van der Waals surface area (Å²) in [6.45, 7) is 0. The Hall–Kier alpha value is -2.34. The molecule has 1 unspecified atom stereocenters. The van der Waals surface area contributed by atoms with E-state index in [2.05, 4.69) is 0 Å². The van der Waals surface area contributed by atoms with Gasteiger partial charge in [-0.2, -0.15) is 0 Å². The number of halogens is 1. The van der Waals surface area contributed by atoms with E-state index in [1.54, 1.807) is 18.2 Å². The Kier molecular flexibility index (Phi) is 4.28. The fraction of sp³-hybridized carbons (Fsp3) is 0.214. The summed E-state index contributed by atoms with van der Waals surface area (Å²) in [6, 6.07) is 2.78. The minimum absolute atomic E-state index is 0.102. The molecule has 1 atom stereocenters. The normalized spacial score (nSPS) is 17.2. The molecule has 0 fully saturated rings. The molecule has 6 nitrogen and oxygen atoms in total. The number of nitrogens with zero attached hydrogens (tertiary/aromatic N) is 1. The van der Waals surface area contributed by atoms with E-state index in [9.17, 15) is 14.9 Å². The van der Waals surface area contributed by atoms with Crippen LogP contribution in [0.3, 0.4) is 0 Å². The zero-order valence-electron chi connectivity index (χ0n) is 11.1. The molecule has 2 rings (SSSR count). The second kappa shape index (κ2) is 5.97. The van der Waals surface area contributed by atoms with Crippen LogP contribution in [0.15, 0.2) is 35.9 Å². The summed E-state index contributed by atoms with van der Waals surface area (Å²) in [4.78, 5) is 21.6. The molecule has 1 aromatic carbocycles. The summed E-state index contributed by atoms with van der Waals surface area (Å²) < 4.78 is 5.14. The first-order valence-electron chi connectivity index (χ1n) is 6.07. The van der Waals surface area contributed by atoms with Crippen LogP contribution in [0.2, 0.25) is 5.02 Å². The van der Waals surface area contributed by atoms with Gasteiger partial charge in [0.05, 0.1) is 17.6 Å². The van der Waals surface area contributed by atoms with Gasteiger partial charge in [0.15, 0.2) is 0 Å². The van der Waals surface area contributed by atoms with E-state index in [4.69, 9.17) is 21.4 Å². The van der Waals surface area contributed by atoms with E-state index in [1.165, 1.54) is 19.3 Å². The minimum Gasteiger partial charge on any atom is -0.490 e. The van der Waals surface area contributed by atoms with Crippen LogP contribution in [0.25, 0.3) is 0 Å². The smallest absolute Gasteiger partial charge is 0.335 e. The number of carboxylic acids is 1. The number of carbonyl (C=O) groups is 1. The lowest BCUT2D eigenvalue weighted by Crippen LogP contribution is -2.08. The molecule has 1 aliphatic carbocycles. The number of methoxy groups -OCH3 is 1. The topological polar surface area (TPSA) is 89.7 Å². The van der Waals surface area contributed by atoms with Crippen molar-refractivity contribution in [1.82, 2.24) is 0 Å². The summed E-state index contributed by atoms with van der Waals surface area (Å²) in [5.41, 5.74) is 0.399. The van der Waals surface area contributed by atoms with E-state index >= 15 is 0 Å². The van der Waals surface area contributed by atoms with Gasteiger partial charge in [0.2, 0.25) is 5.75 Å². The Morgan fingerprint density at radius 2 is 2.24 bits per heavy atom. The van der Waals surface area contributed by atoms with Crippen LogP contribution in [0.1, 0.15) is 17.9 Å². The zero-order chi connectivity index (χ0) is 15.6. The molecule has 0 amide bonds. The van der Waals surface area contributed by atoms with Crippen LogP contribution in [0.4, 0.5) is 5.69 Å². The maximum Gasteiger partial charge on any atom is 0.335 e. The average molecular weight is 310 g/mol. The predicted molar refractivity (Wildman–Crippen MR) is 76.9 cm³/mol. The molecule has 7 heteroatoms. The molecule has 1 aromatic rings. The van der Waals surface area contributed by atoms with Crippen molar-refractivity contribution in [3.8, 4) is 5.75 Å². The second-order valence-electron chi connectivity index (χ2n) is 4.48. The van der Waals surface area contributed by atoms with Gasteiger partial charge in [-0.05, 0) is 12.5 Å². The van der Waals surface area contributed by atoms with Crippen molar-refractivity contribution in [3.05, 3.63) is 56.6 Å². The number of hydrogen-bond acceptors (Lipinski definition) is 4. The van der Waals surface area contributed by atoms with Crippen molar-refractivity contribution in [2.24, 2.45) is 0 Å². The molecule has 1 N–H and O–H groups in total. The van der Waals surface area contributed by atoms with Crippen molar-refractivity contribution in [3.63, 3.8) is 0 Å². The Balaban J connectivity index is 2.56. The number of benzene rings is 1. The second-order valence-corrected chi connectivity index (χ2v) is 4.91. The number of carboxylic acid groups (broad SMARTS) is 1. The largest absolute Gasteiger partial charge is 0.490 e. The van der Waals surface area contributed by atoms with Crippen molar-refractivity contribution in [2.75, 3.05) is 7.11 Å². The Bertz CT molecular complexity index is 666. The summed E-state index contributed by atoms with van der Waals surface area (Å²) >= 11 is 5.93. The molecule has 0 saturated heterocycles. The van der Waals surface area contributed by atoms with Gasteiger partial charge in [-0.1, -0.05) is 29.8 Å². The highest BCUT2D eigenvalue weighted by molar-refractivity contribution is 6.31. The number of allylic oxidation sites excluding steroid dienone is 2. The van der Waals surface area contributed by atoms with Gasteiger partial charge in [0.25, 0.3) is 0 Å². The van der Waals surface area contributed by atoms with Gasteiger partial charge < -0.3 is 9.84 Å². The SMILES string of the molecule is COc1c(C2C=C(C(=O)O)C=CC2)cc(Cl)cc1[N+](=O)[O-]. The number of nitro benzene ring substituents is 1. The first-order chi connectivity index (χ1) is 9.93. The van der Waals surface area contributed by atoms with E-state index in [0.29, 0.717) is 12.0 Å². The molecule has 0 saturated carbocycles. The van der Waals surface area contributed by atoms with Crippen molar-refractivity contribution < 1.29 is 19.6 Å². The minimum atomic E-state index is -1.05. The third kappa shape index (κ3) is 3.05. The Labute approximate surface area is 125 Å². The number of ether oxygens (including phenoxy) is 1. The van der Waals surface area contributed by atoms with E-state index in [-0.39, 0.29) is 28.0 Å². The van der Waals surface area contributed by atoms with Crippen LogP contribution >= 0.6 is 11.6 Å². The van der Waals surface area contributed by atoms with Gasteiger partial charge in [0.1, 0.15) is 0 Å². The van der Waals surface area contributed by atoms with Gasteiger partial charge in [-0.3, -0.25) is 10.1 Å². The van der Waals surface area contributed by atoms with Crippen molar-refractivity contribution >= 4 is 23.3 Å². The lowest BCUT2D eigenvalue weighted by Gasteiger charge is -2.18. The van der Waals surface area contributed by atoms with E-state index in [1.807, 2.05) is 0 Å². The fourth-order valence-electron chi connectivity index (χ4n) is 2.27. The number of rotatable bonds is 4. The summed E-state index contributed by atoms with van der Waals surface area (Å²) in [7, 11) is 1.33.